The number of carbonyl (C=O) groups excluding carboxylic acids is 2. The van der Waals surface area contributed by atoms with Gasteiger partial charge < -0.3 is 15.0 Å². The van der Waals surface area contributed by atoms with E-state index in [0.29, 0.717) is 11.3 Å². The van der Waals surface area contributed by atoms with E-state index in [1.807, 2.05) is 24.3 Å². The number of amides is 2. The third kappa shape index (κ3) is 6.12. The van der Waals surface area contributed by atoms with Gasteiger partial charge in [-0.3, -0.25) is 9.59 Å². The van der Waals surface area contributed by atoms with Gasteiger partial charge in [-0.2, -0.15) is 5.10 Å². The van der Waals surface area contributed by atoms with Crippen molar-refractivity contribution in [2.24, 2.45) is 5.10 Å². The van der Waals surface area contributed by atoms with Crippen LogP contribution in [0.5, 0.6) is 5.75 Å². The van der Waals surface area contributed by atoms with Gasteiger partial charge in [-0.25, -0.2) is 5.43 Å². The number of methoxy groups -OCH3 is 1. The number of anilines is 1. The van der Waals surface area contributed by atoms with Crippen LogP contribution in [0.4, 0.5) is 5.69 Å². The number of ether oxygens (including phenoxy) is 1. The minimum atomic E-state index is -0.410. The van der Waals surface area contributed by atoms with Gasteiger partial charge in [-0.15, -0.1) is 0 Å². The Hall–Kier alpha value is -3.35. The molecule has 2 aromatic rings. The summed E-state index contributed by atoms with van der Waals surface area (Å²) in [6.45, 7) is 5.94. The maximum Gasteiger partial charge on any atom is 0.259 e. The van der Waals surface area contributed by atoms with Gasteiger partial charge in [0.05, 0.1) is 19.9 Å². The van der Waals surface area contributed by atoms with Crippen molar-refractivity contribution in [3.05, 3.63) is 59.7 Å². The molecular weight excluding hydrogens is 356 g/mol. The van der Waals surface area contributed by atoms with Crippen LogP contribution in [0.3, 0.4) is 0 Å². The largest absolute Gasteiger partial charge is 0.497 e. The van der Waals surface area contributed by atoms with Crippen molar-refractivity contribution >= 4 is 23.7 Å². The van der Waals surface area contributed by atoms with Crippen LogP contribution in [-0.4, -0.2) is 44.8 Å². The maximum absolute atomic E-state index is 12.1. The number of carbonyl (C=O) groups is 2. The zero-order valence-corrected chi connectivity index (χ0v) is 16.4. The second-order valence-electron chi connectivity index (χ2n) is 5.97. The average molecular weight is 382 g/mol. The highest BCUT2D eigenvalue weighted by molar-refractivity contribution is 5.96. The van der Waals surface area contributed by atoms with Crippen LogP contribution < -0.4 is 20.4 Å². The van der Waals surface area contributed by atoms with Crippen LogP contribution >= 0.6 is 0 Å². The van der Waals surface area contributed by atoms with Gasteiger partial charge in [0.1, 0.15) is 5.75 Å². The highest BCUT2D eigenvalue weighted by Crippen LogP contribution is 2.14. The van der Waals surface area contributed by atoms with E-state index in [0.717, 1.165) is 24.3 Å². The molecule has 0 heterocycles. The van der Waals surface area contributed by atoms with Crippen molar-refractivity contribution < 1.29 is 14.3 Å². The van der Waals surface area contributed by atoms with Gasteiger partial charge in [-0.1, -0.05) is 18.2 Å². The van der Waals surface area contributed by atoms with Gasteiger partial charge in [-0.05, 0) is 49.7 Å². The molecule has 0 fully saturated rings. The lowest BCUT2D eigenvalue weighted by molar-refractivity contribution is -0.120. The molecule has 0 spiro atoms. The predicted molar refractivity (Wildman–Crippen MR) is 111 cm³/mol. The zero-order chi connectivity index (χ0) is 20.4. The zero-order valence-electron chi connectivity index (χ0n) is 16.4. The first kappa shape index (κ1) is 21.0. The minimum Gasteiger partial charge on any atom is -0.497 e. The molecule has 0 saturated heterocycles. The van der Waals surface area contributed by atoms with Gasteiger partial charge in [0.2, 0.25) is 0 Å². The Morgan fingerprint density at radius 3 is 2.46 bits per heavy atom. The molecule has 0 aliphatic heterocycles. The first-order valence-electron chi connectivity index (χ1n) is 9.16. The lowest BCUT2D eigenvalue weighted by Gasteiger charge is -2.20. The summed E-state index contributed by atoms with van der Waals surface area (Å²) in [6, 6.07) is 14.6. The minimum absolute atomic E-state index is 0.172. The summed E-state index contributed by atoms with van der Waals surface area (Å²) in [5, 5.41) is 6.47. The van der Waals surface area contributed by atoms with E-state index in [9.17, 15) is 9.59 Å². The molecule has 7 heteroatoms. The highest BCUT2D eigenvalue weighted by atomic mass is 16.5. The molecule has 0 aliphatic rings. The monoisotopic (exact) mass is 382 g/mol. The molecule has 0 unspecified atom stereocenters. The van der Waals surface area contributed by atoms with Crippen molar-refractivity contribution in [2.75, 3.05) is 31.6 Å². The van der Waals surface area contributed by atoms with Crippen molar-refractivity contribution in [3.8, 4) is 5.75 Å². The van der Waals surface area contributed by atoms with Crippen LogP contribution in [0.2, 0.25) is 0 Å². The molecule has 0 saturated carbocycles. The van der Waals surface area contributed by atoms with Crippen molar-refractivity contribution in [3.63, 3.8) is 0 Å². The van der Waals surface area contributed by atoms with Gasteiger partial charge in [0, 0.05) is 24.3 Å². The summed E-state index contributed by atoms with van der Waals surface area (Å²) in [6.07, 6.45) is 1.56. The first-order valence-corrected chi connectivity index (χ1v) is 9.16. The molecule has 0 radical (unpaired) electrons. The fourth-order valence-corrected chi connectivity index (χ4v) is 2.61. The number of hydrazone groups is 1. The van der Waals surface area contributed by atoms with Crippen LogP contribution in [0, 0.1) is 0 Å². The Morgan fingerprint density at radius 2 is 1.82 bits per heavy atom. The van der Waals surface area contributed by atoms with Crippen LogP contribution in [-0.2, 0) is 4.79 Å². The molecule has 2 amide bonds. The van der Waals surface area contributed by atoms with E-state index in [-0.39, 0.29) is 12.5 Å². The summed E-state index contributed by atoms with van der Waals surface area (Å²) in [4.78, 5) is 26.1. The second kappa shape index (κ2) is 10.7. The number of nitrogens with one attached hydrogen (secondary N) is 2. The average Bonchev–Trinajstić information content (AvgIpc) is 2.74. The number of hydrogen-bond acceptors (Lipinski definition) is 5. The molecule has 2 rings (SSSR count). The first-order chi connectivity index (χ1) is 13.6. The Balaban J connectivity index is 1.80. The molecule has 28 heavy (non-hydrogen) atoms. The Morgan fingerprint density at radius 1 is 1.11 bits per heavy atom. The van der Waals surface area contributed by atoms with Gasteiger partial charge in [0.25, 0.3) is 11.8 Å². The van der Waals surface area contributed by atoms with Crippen LogP contribution in [0.25, 0.3) is 0 Å². The molecule has 0 aliphatic carbocycles. The predicted octanol–water partition coefficient (Wildman–Crippen LogP) is 2.42. The smallest absolute Gasteiger partial charge is 0.259 e. The van der Waals surface area contributed by atoms with E-state index in [2.05, 4.69) is 34.6 Å². The number of hydrogen-bond donors (Lipinski definition) is 2. The summed E-state index contributed by atoms with van der Waals surface area (Å²) >= 11 is 0. The summed E-state index contributed by atoms with van der Waals surface area (Å²) in [7, 11) is 1.53. The van der Waals surface area contributed by atoms with Crippen molar-refractivity contribution in [2.45, 2.75) is 13.8 Å². The third-order valence-electron chi connectivity index (χ3n) is 4.17. The van der Waals surface area contributed by atoms with Gasteiger partial charge in [0.15, 0.2) is 0 Å². The number of rotatable bonds is 9. The van der Waals surface area contributed by atoms with E-state index >= 15 is 0 Å². The summed E-state index contributed by atoms with van der Waals surface area (Å²) < 4.78 is 5.08. The molecule has 0 atom stereocenters. The third-order valence-corrected chi connectivity index (χ3v) is 4.17. The topological polar surface area (TPSA) is 83.0 Å². The van der Waals surface area contributed by atoms with Gasteiger partial charge >= 0.3 is 0 Å². The molecule has 0 aromatic heterocycles. The quantitative estimate of drug-likeness (QED) is 0.515. The number of benzene rings is 2. The second-order valence-corrected chi connectivity index (χ2v) is 5.97. The van der Waals surface area contributed by atoms with Crippen molar-refractivity contribution in [1.82, 2.24) is 10.7 Å². The molecule has 2 aromatic carbocycles. The van der Waals surface area contributed by atoms with E-state index in [4.69, 9.17) is 4.74 Å². The normalized spacial score (nSPS) is 10.5. The Kier molecular flexibility index (Phi) is 8.02. The lowest BCUT2D eigenvalue weighted by Crippen LogP contribution is -2.34. The standard InChI is InChI=1S/C21H26N4O3/c1-4-25(5-2)18-11-9-16(10-12-18)14-23-24-20(26)15-22-21(27)17-7-6-8-19(13-17)28-3/h6-14H,4-5,15H2,1-3H3,(H,22,27)(H,24,26)/b23-14+. The van der Waals surface area contributed by atoms with Crippen LogP contribution in [0.1, 0.15) is 29.8 Å². The molecule has 2 N–H and O–H groups in total. The molecule has 0 bridgehead atoms. The highest BCUT2D eigenvalue weighted by Gasteiger charge is 2.08. The summed E-state index contributed by atoms with van der Waals surface area (Å²) in [5.74, 6) is -0.189. The van der Waals surface area contributed by atoms with Crippen molar-refractivity contribution in [1.29, 1.82) is 0 Å². The summed E-state index contributed by atoms with van der Waals surface area (Å²) in [5.41, 5.74) is 4.84. The lowest BCUT2D eigenvalue weighted by atomic mass is 10.2. The molecular formula is C21H26N4O3. The SMILES string of the molecule is CCN(CC)c1ccc(/C=N/NC(=O)CNC(=O)c2cccc(OC)c2)cc1. The van der Waals surface area contributed by atoms with E-state index < -0.39 is 5.91 Å². The molecule has 7 nitrogen and oxygen atoms in total. The Bertz CT molecular complexity index is 815. The Labute approximate surface area is 165 Å². The fourth-order valence-electron chi connectivity index (χ4n) is 2.61. The van der Waals surface area contributed by atoms with Crippen LogP contribution in [0.15, 0.2) is 53.6 Å². The fraction of sp³-hybridized carbons (Fsp3) is 0.286. The molecule has 148 valence electrons. The number of nitrogens with zero attached hydrogens (tertiary/aromatic N) is 2. The maximum atomic E-state index is 12.1. The van der Waals surface area contributed by atoms with E-state index in [1.165, 1.54) is 7.11 Å². The van der Waals surface area contributed by atoms with E-state index in [1.54, 1.807) is 30.5 Å².